The van der Waals surface area contributed by atoms with Gasteiger partial charge in [0, 0.05) is 40.0 Å². The van der Waals surface area contributed by atoms with Crippen molar-refractivity contribution in [2.75, 3.05) is 20.2 Å². The minimum atomic E-state index is 0.0377. The van der Waals surface area contributed by atoms with Crippen LogP contribution in [0.25, 0.3) is 10.1 Å². The van der Waals surface area contributed by atoms with Crippen LogP contribution in [0.15, 0.2) is 81.2 Å². The van der Waals surface area contributed by atoms with Crippen molar-refractivity contribution in [2.24, 2.45) is 21.1 Å². The van der Waals surface area contributed by atoms with Gasteiger partial charge in [0.25, 0.3) is 0 Å². The molecule has 8 heteroatoms. The molecular weight excluding hydrogens is 600 g/mol. The minimum absolute atomic E-state index is 0.0377. The van der Waals surface area contributed by atoms with E-state index in [-0.39, 0.29) is 5.91 Å². The molecule has 4 rings (SSSR count). The number of benzene rings is 3. The summed E-state index contributed by atoms with van der Waals surface area (Å²) in [6, 6.07) is 20.1. The van der Waals surface area contributed by atoms with Crippen molar-refractivity contribution in [1.29, 1.82) is 0 Å². The molecule has 0 aliphatic rings. The van der Waals surface area contributed by atoms with Crippen molar-refractivity contribution in [3.05, 3.63) is 98.9 Å². The summed E-state index contributed by atoms with van der Waals surface area (Å²) in [7, 11) is 1.67. The SMILES string of the molecule is CC(=O)NCCc1csc2c(C)cccc12.CCC(C)/C(C)=N\N=C(/C)CN=C(c1ccc(Cl)cc1)c1cc(OC)ccc1C. The number of methoxy groups -OCH3 is 1. The average molecular weight is 645 g/mol. The normalized spacial score (nSPS) is 12.9. The van der Waals surface area contributed by atoms with Crippen molar-refractivity contribution >= 4 is 56.1 Å². The Hall–Kier alpha value is -3.81. The van der Waals surface area contributed by atoms with Crippen LogP contribution in [0.5, 0.6) is 5.75 Å². The maximum atomic E-state index is 10.8. The number of amides is 1. The molecule has 4 aromatic rings. The van der Waals surface area contributed by atoms with Crippen LogP contribution in [0.3, 0.4) is 0 Å². The van der Waals surface area contributed by atoms with Crippen LogP contribution >= 0.6 is 22.9 Å². The first-order chi connectivity index (χ1) is 21.5. The Morgan fingerprint density at radius 2 is 1.73 bits per heavy atom. The fourth-order valence-electron chi connectivity index (χ4n) is 4.53. The molecule has 0 aliphatic heterocycles. The molecule has 0 fully saturated rings. The molecule has 0 saturated heterocycles. The summed E-state index contributed by atoms with van der Waals surface area (Å²) in [5.41, 5.74) is 8.59. The van der Waals surface area contributed by atoms with Gasteiger partial charge >= 0.3 is 0 Å². The van der Waals surface area contributed by atoms with Gasteiger partial charge < -0.3 is 10.1 Å². The zero-order valence-electron chi connectivity index (χ0n) is 27.7. The lowest BCUT2D eigenvalue weighted by molar-refractivity contribution is -0.118. The van der Waals surface area contributed by atoms with E-state index < -0.39 is 0 Å². The Labute approximate surface area is 277 Å². The molecule has 0 spiro atoms. The first kappa shape index (κ1) is 35.7. The van der Waals surface area contributed by atoms with Crippen LogP contribution in [-0.4, -0.2) is 43.2 Å². The zero-order valence-corrected chi connectivity index (χ0v) is 29.3. The van der Waals surface area contributed by atoms with E-state index >= 15 is 0 Å². The Kier molecular flexibility index (Phi) is 14.0. The number of carbonyl (C=O) groups is 1. The second-order valence-electron chi connectivity index (χ2n) is 11.2. The highest BCUT2D eigenvalue weighted by atomic mass is 35.5. The largest absolute Gasteiger partial charge is 0.497 e. The number of fused-ring (bicyclic) bond motifs is 1. The maximum Gasteiger partial charge on any atom is 0.216 e. The summed E-state index contributed by atoms with van der Waals surface area (Å²) in [6.45, 7) is 15.2. The summed E-state index contributed by atoms with van der Waals surface area (Å²) in [6.07, 6.45) is 1.96. The van der Waals surface area contributed by atoms with Crippen LogP contribution in [0.4, 0.5) is 0 Å². The number of hydrogen-bond donors (Lipinski definition) is 1. The molecule has 1 heterocycles. The summed E-state index contributed by atoms with van der Waals surface area (Å²) < 4.78 is 6.78. The van der Waals surface area contributed by atoms with Gasteiger partial charge in [-0.1, -0.05) is 61.8 Å². The van der Waals surface area contributed by atoms with Crippen molar-refractivity contribution < 1.29 is 9.53 Å². The van der Waals surface area contributed by atoms with Gasteiger partial charge in [-0.15, -0.1) is 11.3 Å². The predicted molar refractivity (Wildman–Crippen MR) is 194 cm³/mol. The second kappa shape index (κ2) is 17.6. The molecule has 3 aromatic carbocycles. The highest BCUT2D eigenvalue weighted by Crippen LogP contribution is 2.29. The molecule has 0 aliphatic carbocycles. The summed E-state index contributed by atoms with van der Waals surface area (Å²) in [5.74, 6) is 1.27. The quantitative estimate of drug-likeness (QED) is 0.130. The van der Waals surface area contributed by atoms with Gasteiger partial charge in [-0.2, -0.15) is 10.2 Å². The van der Waals surface area contributed by atoms with Crippen LogP contribution in [0.1, 0.15) is 68.9 Å². The number of halogens is 1. The standard InChI is InChI=1S/C24H30ClN3O.C13H15NOS/c1-7-16(2)19(5)28-27-18(4)15-26-24(20-9-11-21(25)12-10-20)23-14-22(29-6)13-8-17(23)3;1-9-4-3-5-12-11(8-16-13(9)12)6-7-14-10(2)15/h8-14,16H,7,15H2,1-6H3;3-5,8H,6-7H2,1-2H3,(H,14,15)/b26-24?,27-18+,28-19-;. The number of ether oxygens (including phenoxy) is 1. The molecule has 6 nitrogen and oxygen atoms in total. The highest BCUT2D eigenvalue weighted by Gasteiger charge is 2.12. The van der Waals surface area contributed by atoms with Crippen LogP contribution < -0.4 is 10.1 Å². The number of thiophene rings is 1. The lowest BCUT2D eigenvalue weighted by atomic mass is 9.97. The number of carbonyl (C=O) groups excluding carboxylic acids is 1. The molecule has 238 valence electrons. The van der Waals surface area contributed by atoms with E-state index in [2.05, 4.69) is 66.8 Å². The Morgan fingerprint density at radius 3 is 2.40 bits per heavy atom. The first-order valence-electron chi connectivity index (χ1n) is 15.3. The fraction of sp³-hybridized carbons (Fsp3) is 0.351. The number of rotatable bonds is 11. The van der Waals surface area contributed by atoms with E-state index in [4.69, 9.17) is 21.3 Å². The summed E-state index contributed by atoms with van der Waals surface area (Å²) >= 11 is 7.87. The molecular formula is C37H45ClN4O2S. The molecule has 0 bridgehead atoms. The third-order valence-corrected chi connectivity index (χ3v) is 9.06. The fourth-order valence-corrected chi connectivity index (χ4v) is 5.74. The molecule has 1 N–H and O–H groups in total. The molecule has 0 saturated carbocycles. The third-order valence-electron chi connectivity index (χ3n) is 7.63. The van der Waals surface area contributed by atoms with E-state index in [9.17, 15) is 4.79 Å². The van der Waals surface area contributed by atoms with E-state index in [1.54, 1.807) is 25.4 Å². The third kappa shape index (κ3) is 10.6. The van der Waals surface area contributed by atoms with Gasteiger partial charge in [-0.3, -0.25) is 9.79 Å². The van der Waals surface area contributed by atoms with Crippen LogP contribution in [-0.2, 0) is 11.2 Å². The molecule has 45 heavy (non-hydrogen) atoms. The number of nitrogens with one attached hydrogen (secondary N) is 1. The number of nitrogens with zero attached hydrogens (tertiary/aromatic N) is 3. The van der Waals surface area contributed by atoms with Crippen molar-refractivity contribution in [2.45, 2.75) is 61.3 Å². The van der Waals surface area contributed by atoms with Crippen molar-refractivity contribution in [3.8, 4) is 5.75 Å². The Morgan fingerprint density at radius 1 is 1.00 bits per heavy atom. The highest BCUT2D eigenvalue weighted by molar-refractivity contribution is 7.17. The van der Waals surface area contributed by atoms with Gasteiger partial charge in [-0.25, -0.2) is 0 Å². The van der Waals surface area contributed by atoms with Crippen molar-refractivity contribution in [3.63, 3.8) is 0 Å². The molecule has 1 amide bonds. The molecule has 1 aromatic heterocycles. The number of aliphatic imine (C=N–C) groups is 1. The van der Waals surface area contributed by atoms with E-state index in [1.165, 1.54) is 21.2 Å². The maximum absolute atomic E-state index is 10.8. The molecule has 0 radical (unpaired) electrons. The van der Waals surface area contributed by atoms with Crippen LogP contribution in [0, 0.1) is 19.8 Å². The summed E-state index contributed by atoms with van der Waals surface area (Å²) in [4.78, 5) is 15.7. The zero-order chi connectivity index (χ0) is 32.9. The first-order valence-corrected chi connectivity index (χ1v) is 16.5. The van der Waals surface area contributed by atoms with E-state index in [0.29, 0.717) is 17.5 Å². The number of hydrogen-bond acceptors (Lipinski definition) is 6. The lowest BCUT2D eigenvalue weighted by Crippen LogP contribution is -2.22. The Bertz CT molecular complexity index is 1670. The second-order valence-corrected chi connectivity index (χ2v) is 12.5. The smallest absolute Gasteiger partial charge is 0.216 e. The lowest BCUT2D eigenvalue weighted by Gasteiger charge is -2.12. The number of aryl methyl sites for hydroxylation is 2. The minimum Gasteiger partial charge on any atom is -0.497 e. The van der Waals surface area contributed by atoms with Crippen molar-refractivity contribution in [1.82, 2.24) is 5.32 Å². The Balaban J connectivity index is 0.000000289. The topological polar surface area (TPSA) is 75.4 Å². The average Bonchev–Trinajstić information content (AvgIpc) is 3.45. The van der Waals surface area contributed by atoms with Gasteiger partial charge in [0.15, 0.2) is 0 Å². The van der Waals surface area contributed by atoms with Gasteiger partial charge in [0.1, 0.15) is 5.75 Å². The summed E-state index contributed by atoms with van der Waals surface area (Å²) in [5, 5.41) is 15.8. The predicted octanol–water partition coefficient (Wildman–Crippen LogP) is 9.27. The van der Waals surface area contributed by atoms with Gasteiger partial charge in [0.2, 0.25) is 5.91 Å². The monoisotopic (exact) mass is 644 g/mol. The molecule has 1 unspecified atom stereocenters. The van der Waals surface area contributed by atoms with Gasteiger partial charge in [-0.05, 0) is 98.2 Å². The van der Waals surface area contributed by atoms with Crippen LogP contribution in [0.2, 0.25) is 5.02 Å². The molecule has 1 atom stereocenters. The van der Waals surface area contributed by atoms with E-state index in [0.717, 1.165) is 59.0 Å². The van der Waals surface area contributed by atoms with Gasteiger partial charge in [0.05, 0.1) is 25.1 Å². The van der Waals surface area contributed by atoms with E-state index in [1.807, 2.05) is 56.3 Å².